The summed E-state index contributed by atoms with van der Waals surface area (Å²) in [6.45, 7) is 0. The minimum Gasteiger partial charge on any atom is -0.493 e. The molecule has 0 fully saturated rings. The predicted molar refractivity (Wildman–Crippen MR) is 85.0 cm³/mol. The number of nitrogens with zero attached hydrogens (tertiary/aromatic N) is 2. The second kappa shape index (κ2) is 5.61. The van der Waals surface area contributed by atoms with Crippen molar-refractivity contribution in [1.82, 2.24) is 9.97 Å². The van der Waals surface area contributed by atoms with Crippen LogP contribution >= 0.6 is 23.4 Å². The molecule has 1 aliphatic rings. The molecule has 0 saturated carbocycles. The third kappa shape index (κ3) is 2.49. The number of hydrogen-bond acceptors (Lipinski definition) is 6. The van der Waals surface area contributed by atoms with Crippen molar-refractivity contribution in [2.75, 3.05) is 20.0 Å². The van der Waals surface area contributed by atoms with Gasteiger partial charge in [-0.2, -0.15) is 11.8 Å². The predicted octanol–water partition coefficient (Wildman–Crippen LogP) is 3.14. The van der Waals surface area contributed by atoms with Crippen LogP contribution in [-0.4, -0.2) is 24.2 Å². The monoisotopic (exact) mass is 323 g/mol. The van der Waals surface area contributed by atoms with Gasteiger partial charge in [-0.1, -0.05) is 11.6 Å². The SMILES string of the molecule is COc1cc(-c2nc(N)c3c(n2)CSC3)cc(Cl)c1OC. The summed E-state index contributed by atoms with van der Waals surface area (Å²) in [6.07, 6.45) is 0. The van der Waals surface area contributed by atoms with E-state index in [1.165, 1.54) is 0 Å². The van der Waals surface area contributed by atoms with Crippen LogP contribution in [0.1, 0.15) is 11.3 Å². The number of aromatic nitrogens is 2. The van der Waals surface area contributed by atoms with Crippen molar-refractivity contribution in [2.45, 2.75) is 11.5 Å². The first kappa shape index (κ1) is 14.3. The first-order chi connectivity index (χ1) is 10.1. The first-order valence-corrected chi connectivity index (χ1v) is 7.82. The number of methoxy groups -OCH3 is 2. The number of thioether (sulfide) groups is 1. The van der Waals surface area contributed by atoms with Gasteiger partial charge in [0.25, 0.3) is 0 Å². The maximum absolute atomic E-state index is 6.22. The van der Waals surface area contributed by atoms with Gasteiger partial charge < -0.3 is 15.2 Å². The molecule has 0 saturated heterocycles. The number of benzene rings is 1. The van der Waals surface area contributed by atoms with E-state index in [9.17, 15) is 0 Å². The fraction of sp³-hybridized carbons (Fsp3) is 0.286. The second-order valence-corrected chi connectivity index (χ2v) is 5.94. The maximum Gasteiger partial charge on any atom is 0.179 e. The van der Waals surface area contributed by atoms with E-state index >= 15 is 0 Å². The standard InChI is InChI=1S/C14H14ClN3O2S/c1-19-11-4-7(3-9(15)12(11)20-2)14-17-10-6-21-5-8(10)13(16)18-14/h3-4H,5-6H2,1-2H3,(H2,16,17,18). The molecule has 0 atom stereocenters. The van der Waals surface area contributed by atoms with Gasteiger partial charge in [-0.05, 0) is 12.1 Å². The summed E-state index contributed by atoms with van der Waals surface area (Å²) < 4.78 is 10.5. The summed E-state index contributed by atoms with van der Waals surface area (Å²) in [5, 5.41) is 0.448. The van der Waals surface area contributed by atoms with Gasteiger partial charge in [0, 0.05) is 22.6 Å². The van der Waals surface area contributed by atoms with Gasteiger partial charge in [0.15, 0.2) is 17.3 Å². The van der Waals surface area contributed by atoms with Crippen molar-refractivity contribution < 1.29 is 9.47 Å². The largest absolute Gasteiger partial charge is 0.493 e. The third-order valence-electron chi connectivity index (χ3n) is 3.30. The molecule has 0 bridgehead atoms. The van der Waals surface area contributed by atoms with E-state index < -0.39 is 0 Å². The Balaban J connectivity index is 2.13. The number of ether oxygens (including phenoxy) is 2. The molecule has 21 heavy (non-hydrogen) atoms. The normalized spacial score (nSPS) is 13.1. The lowest BCUT2D eigenvalue weighted by Crippen LogP contribution is -2.03. The van der Waals surface area contributed by atoms with Crippen LogP contribution in [0.2, 0.25) is 5.02 Å². The van der Waals surface area contributed by atoms with Crippen LogP contribution < -0.4 is 15.2 Å². The van der Waals surface area contributed by atoms with E-state index in [0.717, 1.165) is 28.3 Å². The highest BCUT2D eigenvalue weighted by Gasteiger charge is 2.20. The lowest BCUT2D eigenvalue weighted by Gasteiger charge is -2.12. The maximum atomic E-state index is 6.22. The highest BCUT2D eigenvalue weighted by atomic mass is 35.5. The molecule has 1 aromatic heterocycles. The van der Waals surface area contributed by atoms with Gasteiger partial charge in [0.1, 0.15) is 5.82 Å². The summed E-state index contributed by atoms with van der Waals surface area (Å²) >= 11 is 8.01. The van der Waals surface area contributed by atoms with Crippen molar-refractivity contribution in [3.8, 4) is 22.9 Å². The molecule has 2 N–H and O–H groups in total. The molecule has 0 amide bonds. The number of nitrogen functional groups attached to an aromatic ring is 1. The van der Waals surface area contributed by atoms with Crippen LogP contribution in [0.4, 0.5) is 5.82 Å². The molecule has 0 spiro atoms. The van der Waals surface area contributed by atoms with Gasteiger partial charge in [0.2, 0.25) is 0 Å². The zero-order chi connectivity index (χ0) is 15.0. The Morgan fingerprint density at radius 1 is 1.19 bits per heavy atom. The molecule has 110 valence electrons. The van der Waals surface area contributed by atoms with Crippen molar-refractivity contribution in [3.05, 3.63) is 28.4 Å². The zero-order valence-corrected chi connectivity index (χ0v) is 13.2. The Labute approximate surface area is 131 Å². The average Bonchev–Trinajstić information content (AvgIpc) is 2.95. The van der Waals surface area contributed by atoms with Crippen LogP contribution in [0.15, 0.2) is 12.1 Å². The van der Waals surface area contributed by atoms with Crippen LogP contribution in [0.25, 0.3) is 11.4 Å². The number of halogens is 1. The molecule has 2 heterocycles. The van der Waals surface area contributed by atoms with Gasteiger partial charge in [-0.15, -0.1) is 0 Å². The van der Waals surface area contributed by atoms with Gasteiger partial charge in [-0.3, -0.25) is 0 Å². The lowest BCUT2D eigenvalue weighted by molar-refractivity contribution is 0.355. The molecule has 1 aliphatic heterocycles. The van der Waals surface area contributed by atoms with Gasteiger partial charge >= 0.3 is 0 Å². The second-order valence-electron chi connectivity index (χ2n) is 4.54. The highest BCUT2D eigenvalue weighted by Crippen LogP contribution is 2.39. The highest BCUT2D eigenvalue weighted by molar-refractivity contribution is 7.98. The molecular weight excluding hydrogens is 310 g/mol. The van der Waals surface area contributed by atoms with Gasteiger partial charge in [-0.25, -0.2) is 9.97 Å². The number of fused-ring (bicyclic) bond motifs is 1. The smallest absolute Gasteiger partial charge is 0.179 e. The van der Waals surface area contributed by atoms with Crippen molar-refractivity contribution in [3.63, 3.8) is 0 Å². The summed E-state index contributed by atoms with van der Waals surface area (Å²) in [7, 11) is 3.11. The van der Waals surface area contributed by atoms with E-state index in [4.69, 9.17) is 26.8 Å². The number of rotatable bonds is 3. The number of nitrogens with two attached hydrogens (primary N) is 1. The van der Waals surface area contributed by atoms with Crippen molar-refractivity contribution in [1.29, 1.82) is 0 Å². The molecule has 0 aliphatic carbocycles. The Morgan fingerprint density at radius 3 is 2.71 bits per heavy atom. The third-order valence-corrected chi connectivity index (χ3v) is 4.55. The van der Waals surface area contributed by atoms with E-state index in [0.29, 0.717) is 28.2 Å². The van der Waals surface area contributed by atoms with Crippen molar-refractivity contribution in [2.24, 2.45) is 0 Å². The Bertz CT molecular complexity index is 709. The molecule has 3 rings (SSSR count). The minimum atomic E-state index is 0.448. The minimum absolute atomic E-state index is 0.448. The average molecular weight is 324 g/mol. The Kier molecular flexibility index (Phi) is 3.82. The van der Waals surface area contributed by atoms with Gasteiger partial charge in [0.05, 0.1) is 24.9 Å². The summed E-state index contributed by atoms with van der Waals surface area (Å²) in [6, 6.07) is 3.56. The van der Waals surface area contributed by atoms with E-state index in [2.05, 4.69) is 9.97 Å². The summed E-state index contributed by atoms with van der Waals surface area (Å²) in [4.78, 5) is 8.97. The summed E-state index contributed by atoms with van der Waals surface area (Å²) in [5.41, 5.74) is 8.81. The van der Waals surface area contributed by atoms with Crippen molar-refractivity contribution >= 4 is 29.2 Å². The Morgan fingerprint density at radius 2 is 2.00 bits per heavy atom. The summed E-state index contributed by atoms with van der Waals surface area (Å²) in [5.74, 6) is 3.84. The molecule has 0 unspecified atom stereocenters. The van der Waals surface area contributed by atoms with E-state index in [-0.39, 0.29) is 0 Å². The van der Waals surface area contributed by atoms with Crippen LogP contribution in [0.5, 0.6) is 11.5 Å². The van der Waals surface area contributed by atoms with E-state index in [1.54, 1.807) is 38.1 Å². The van der Waals surface area contributed by atoms with Crippen LogP contribution in [-0.2, 0) is 11.5 Å². The molecule has 5 nitrogen and oxygen atoms in total. The molecule has 2 aromatic rings. The lowest BCUT2D eigenvalue weighted by atomic mass is 10.1. The van der Waals surface area contributed by atoms with Crippen LogP contribution in [0, 0.1) is 0 Å². The number of anilines is 1. The topological polar surface area (TPSA) is 70.3 Å². The molecule has 7 heteroatoms. The molecule has 1 aromatic carbocycles. The van der Waals surface area contributed by atoms with E-state index in [1.807, 2.05) is 0 Å². The molecule has 0 radical (unpaired) electrons. The quantitative estimate of drug-likeness (QED) is 0.935. The molecular formula is C14H14ClN3O2S. The number of hydrogen-bond donors (Lipinski definition) is 1. The Hall–Kier alpha value is -1.66. The van der Waals surface area contributed by atoms with Crippen LogP contribution in [0.3, 0.4) is 0 Å². The first-order valence-electron chi connectivity index (χ1n) is 6.29. The zero-order valence-electron chi connectivity index (χ0n) is 11.6. The fourth-order valence-corrected chi connectivity index (χ4v) is 3.59. The fourth-order valence-electron chi connectivity index (χ4n) is 2.25.